The van der Waals surface area contributed by atoms with Crippen LogP contribution in [0.4, 0.5) is 11.5 Å². The minimum Gasteiger partial charge on any atom is -0.436 e. The quantitative estimate of drug-likeness (QED) is 0.425. The van der Waals surface area contributed by atoms with Gasteiger partial charge in [0, 0.05) is 18.5 Å². The molecule has 9 heteroatoms. The average Bonchev–Trinajstić information content (AvgIpc) is 2.96. The third kappa shape index (κ3) is 2.44. The van der Waals surface area contributed by atoms with E-state index < -0.39 is 4.92 Å². The van der Waals surface area contributed by atoms with Gasteiger partial charge in [-0.1, -0.05) is 6.07 Å². The number of nitrogens with one attached hydrogen (secondary N) is 1. The number of nitrogen functional groups attached to an aromatic ring is 1. The first-order chi connectivity index (χ1) is 10.2. The summed E-state index contributed by atoms with van der Waals surface area (Å²) in [7, 11) is 0. The van der Waals surface area contributed by atoms with Gasteiger partial charge in [0.1, 0.15) is 5.75 Å². The molecule has 0 saturated carbocycles. The Labute approximate surface area is 118 Å². The highest BCUT2D eigenvalue weighted by Crippen LogP contribution is 2.27. The molecule has 0 atom stereocenters. The van der Waals surface area contributed by atoms with Crippen molar-refractivity contribution < 1.29 is 9.66 Å². The molecule has 0 aliphatic rings. The van der Waals surface area contributed by atoms with E-state index in [9.17, 15) is 10.1 Å². The monoisotopic (exact) mass is 286 g/mol. The highest BCUT2D eigenvalue weighted by molar-refractivity contribution is 5.55. The zero-order valence-electron chi connectivity index (χ0n) is 10.6. The first kappa shape index (κ1) is 12.8. The summed E-state index contributed by atoms with van der Waals surface area (Å²) in [5, 5.41) is 10.8. The fourth-order valence-corrected chi connectivity index (χ4v) is 1.81. The number of nitro groups is 1. The third-order valence-corrected chi connectivity index (χ3v) is 2.73. The van der Waals surface area contributed by atoms with Crippen LogP contribution in [-0.2, 0) is 0 Å². The molecule has 21 heavy (non-hydrogen) atoms. The lowest BCUT2D eigenvalue weighted by Gasteiger charge is -2.08. The van der Waals surface area contributed by atoms with Crippen LogP contribution in [0.3, 0.4) is 0 Å². The highest BCUT2D eigenvalue weighted by Gasteiger charge is 2.12. The molecule has 0 bridgehead atoms. The molecule has 0 amide bonds. The second-order valence-electron chi connectivity index (χ2n) is 4.09. The standard InChI is InChI=1S/C12H10N6O3/c13-16-10-7-17-5-4-14-11(17)12(15-10)21-9-3-1-2-8(6-9)18(19)20/h1-7,16H,13H2. The predicted molar refractivity (Wildman–Crippen MR) is 74.0 cm³/mol. The summed E-state index contributed by atoms with van der Waals surface area (Å²) >= 11 is 0. The minimum absolute atomic E-state index is 0.0695. The summed E-state index contributed by atoms with van der Waals surface area (Å²) < 4.78 is 7.26. The van der Waals surface area contributed by atoms with Crippen LogP contribution in [0.1, 0.15) is 0 Å². The number of anilines is 1. The second kappa shape index (κ2) is 5.06. The average molecular weight is 286 g/mol. The summed E-state index contributed by atoms with van der Waals surface area (Å²) in [5.74, 6) is 6.20. The molecule has 2 aromatic heterocycles. The van der Waals surface area contributed by atoms with Gasteiger partial charge >= 0.3 is 0 Å². The summed E-state index contributed by atoms with van der Waals surface area (Å²) in [6.07, 6.45) is 4.93. The van der Waals surface area contributed by atoms with Crippen LogP contribution < -0.4 is 16.0 Å². The lowest BCUT2D eigenvalue weighted by Crippen LogP contribution is -2.10. The van der Waals surface area contributed by atoms with E-state index in [4.69, 9.17) is 10.6 Å². The molecular weight excluding hydrogens is 276 g/mol. The van der Waals surface area contributed by atoms with Crippen LogP contribution in [0.25, 0.3) is 5.65 Å². The Morgan fingerprint density at radius 2 is 2.29 bits per heavy atom. The number of nitrogens with two attached hydrogens (primary N) is 1. The number of nitro benzene ring substituents is 1. The molecule has 3 rings (SSSR count). The van der Waals surface area contributed by atoms with E-state index in [0.29, 0.717) is 11.5 Å². The van der Waals surface area contributed by atoms with Crippen molar-refractivity contribution in [1.82, 2.24) is 14.4 Å². The second-order valence-corrected chi connectivity index (χ2v) is 4.09. The molecule has 106 valence electrons. The highest BCUT2D eigenvalue weighted by atomic mass is 16.6. The van der Waals surface area contributed by atoms with Crippen molar-refractivity contribution in [2.45, 2.75) is 0 Å². The Morgan fingerprint density at radius 3 is 3.05 bits per heavy atom. The maximum Gasteiger partial charge on any atom is 0.273 e. The van der Waals surface area contributed by atoms with Gasteiger partial charge < -0.3 is 10.2 Å². The number of nitrogens with zero attached hydrogens (tertiary/aromatic N) is 4. The Hall–Kier alpha value is -3.20. The number of fused-ring (bicyclic) bond motifs is 1. The van der Waals surface area contributed by atoms with E-state index in [1.54, 1.807) is 29.1 Å². The van der Waals surface area contributed by atoms with Gasteiger partial charge in [-0.25, -0.2) is 10.8 Å². The number of non-ortho nitro benzene ring substituents is 1. The van der Waals surface area contributed by atoms with Crippen LogP contribution in [0.5, 0.6) is 11.6 Å². The maximum atomic E-state index is 10.8. The van der Waals surface area contributed by atoms with Gasteiger partial charge in [-0.15, -0.1) is 0 Å². The fourth-order valence-electron chi connectivity index (χ4n) is 1.81. The fraction of sp³-hybridized carbons (Fsp3) is 0. The number of rotatable bonds is 4. The van der Waals surface area contributed by atoms with E-state index in [2.05, 4.69) is 15.4 Å². The van der Waals surface area contributed by atoms with Crippen LogP contribution >= 0.6 is 0 Å². The molecule has 0 fully saturated rings. The van der Waals surface area contributed by atoms with Crippen molar-refractivity contribution in [2.24, 2.45) is 5.84 Å². The van der Waals surface area contributed by atoms with Gasteiger partial charge in [-0.3, -0.25) is 14.5 Å². The van der Waals surface area contributed by atoms with Crippen molar-refractivity contribution in [1.29, 1.82) is 0 Å². The predicted octanol–water partition coefficient (Wildman–Crippen LogP) is 1.72. The number of hydrogen-bond donors (Lipinski definition) is 2. The largest absolute Gasteiger partial charge is 0.436 e. The Kier molecular flexibility index (Phi) is 3.09. The molecule has 0 spiro atoms. The van der Waals surface area contributed by atoms with Crippen LogP contribution in [0, 0.1) is 10.1 Å². The normalized spacial score (nSPS) is 10.5. The summed E-state index contributed by atoms with van der Waals surface area (Å²) in [6.45, 7) is 0. The van der Waals surface area contributed by atoms with E-state index in [-0.39, 0.29) is 17.3 Å². The maximum absolute atomic E-state index is 10.8. The number of ether oxygens (including phenoxy) is 1. The number of benzene rings is 1. The van der Waals surface area contributed by atoms with Gasteiger partial charge in [0.05, 0.1) is 17.2 Å². The Bertz CT molecular complexity index is 816. The summed E-state index contributed by atoms with van der Waals surface area (Å²) in [5.41, 5.74) is 2.82. The lowest BCUT2D eigenvalue weighted by molar-refractivity contribution is -0.384. The number of hydrazine groups is 1. The molecule has 2 heterocycles. The smallest absolute Gasteiger partial charge is 0.273 e. The molecule has 0 saturated heterocycles. The molecule has 1 aromatic carbocycles. The van der Waals surface area contributed by atoms with E-state index in [1.807, 2.05) is 0 Å². The van der Waals surface area contributed by atoms with Gasteiger partial charge in [0.2, 0.25) is 5.65 Å². The van der Waals surface area contributed by atoms with Crippen molar-refractivity contribution >= 4 is 17.2 Å². The Morgan fingerprint density at radius 1 is 1.43 bits per heavy atom. The summed E-state index contributed by atoms with van der Waals surface area (Å²) in [6, 6.07) is 5.81. The van der Waals surface area contributed by atoms with Crippen LogP contribution in [0.2, 0.25) is 0 Å². The van der Waals surface area contributed by atoms with E-state index in [1.165, 1.54) is 18.2 Å². The first-order valence-electron chi connectivity index (χ1n) is 5.90. The van der Waals surface area contributed by atoms with Gasteiger partial charge in [-0.05, 0) is 6.07 Å². The molecule has 0 unspecified atom stereocenters. The third-order valence-electron chi connectivity index (χ3n) is 2.73. The molecular formula is C12H10N6O3. The van der Waals surface area contributed by atoms with E-state index in [0.717, 1.165) is 0 Å². The van der Waals surface area contributed by atoms with Crippen molar-refractivity contribution in [3.05, 3.63) is 53.0 Å². The van der Waals surface area contributed by atoms with Gasteiger partial charge in [0.25, 0.3) is 11.6 Å². The van der Waals surface area contributed by atoms with Crippen molar-refractivity contribution in [3.8, 4) is 11.6 Å². The zero-order valence-corrected chi connectivity index (χ0v) is 10.6. The SMILES string of the molecule is NNc1cn2ccnc2c(Oc2cccc([N+](=O)[O-])c2)n1. The lowest BCUT2D eigenvalue weighted by atomic mass is 10.3. The number of imidazole rings is 1. The first-order valence-corrected chi connectivity index (χ1v) is 5.90. The van der Waals surface area contributed by atoms with Gasteiger partial charge in [-0.2, -0.15) is 4.98 Å². The van der Waals surface area contributed by atoms with Crippen LogP contribution in [-0.4, -0.2) is 19.3 Å². The number of hydrogen-bond acceptors (Lipinski definition) is 7. The molecule has 3 aromatic rings. The zero-order chi connectivity index (χ0) is 14.8. The van der Waals surface area contributed by atoms with Crippen molar-refractivity contribution in [2.75, 3.05) is 5.43 Å². The molecule has 0 radical (unpaired) electrons. The molecule has 0 aliphatic carbocycles. The van der Waals surface area contributed by atoms with Crippen LogP contribution in [0.15, 0.2) is 42.9 Å². The summed E-state index contributed by atoms with van der Waals surface area (Å²) in [4.78, 5) is 18.5. The molecule has 0 aliphatic heterocycles. The van der Waals surface area contributed by atoms with E-state index >= 15 is 0 Å². The van der Waals surface area contributed by atoms with Gasteiger partial charge in [0.15, 0.2) is 5.82 Å². The van der Waals surface area contributed by atoms with Crippen molar-refractivity contribution in [3.63, 3.8) is 0 Å². The topological polar surface area (TPSA) is 121 Å². The Balaban J connectivity index is 2.03. The molecule has 9 nitrogen and oxygen atoms in total. The number of aromatic nitrogens is 3. The minimum atomic E-state index is -0.497. The molecule has 3 N–H and O–H groups in total.